The van der Waals surface area contributed by atoms with Gasteiger partial charge in [-0.05, 0) is 0 Å². The van der Waals surface area contributed by atoms with Gasteiger partial charge in [0.05, 0.1) is 32.8 Å². The van der Waals surface area contributed by atoms with Crippen molar-refractivity contribution in [3.63, 3.8) is 0 Å². The molecule has 2 aliphatic heterocycles. The first kappa shape index (κ1) is 8.17. The molecule has 3 aliphatic rings. The Balaban J connectivity index is 1.76. The third kappa shape index (κ3) is 1.21. The van der Waals surface area contributed by atoms with E-state index >= 15 is 0 Å². The molecule has 0 aromatic carbocycles. The summed E-state index contributed by atoms with van der Waals surface area (Å²) >= 11 is 0. The Morgan fingerprint density at radius 1 is 0.615 bits per heavy atom. The molecular weight excluding hydrogens is 172 g/mol. The van der Waals surface area contributed by atoms with Gasteiger partial charge in [0.2, 0.25) is 0 Å². The van der Waals surface area contributed by atoms with E-state index < -0.39 is 0 Å². The van der Waals surface area contributed by atoms with Crippen molar-refractivity contribution >= 4 is 0 Å². The third-order valence-corrected chi connectivity index (χ3v) is 3.05. The fourth-order valence-electron chi connectivity index (χ4n) is 2.45. The highest BCUT2D eigenvalue weighted by Gasteiger charge is 2.55. The molecule has 0 unspecified atom stereocenters. The van der Waals surface area contributed by atoms with Gasteiger partial charge in [-0.1, -0.05) is 0 Å². The molecular formula is C9H14O4. The minimum absolute atomic E-state index is 0.385. The number of hydrogen-bond acceptors (Lipinski definition) is 4. The van der Waals surface area contributed by atoms with Crippen molar-refractivity contribution < 1.29 is 18.9 Å². The second kappa shape index (κ2) is 2.67. The van der Waals surface area contributed by atoms with Crippen LogP contribution in [0.15, 0.2) is 0 Å². The van der Waals surface area contributed by atoms with Crippen molar-refractivity contribution in [2.45, 2.75) is 30.8 Å². The van der Waals surface area contributed by atoms with Crippen LogP contribution in [0.3, 0.4) is 0 Å². The van der Waals surface area contributed by atoms with E-state index in [4.69, 9.17) is 18.9 Å². The van der Waals surface area contributed by atoms with Crippen LogP contribution in [0, 0.1) is 0 Å². The molecule has 1 aliphatic carbocycles. The van der Waals surface area contributed by atoms with Crippen LogP contribution in [0.25, 0.3) is 0 Å². The molecule has 0 amide bonds. The Bertz CT molecular complexity index is 182. The molecule has 4 nitrogen and oxygen atoms in total. The first-order chi connectivity index (χ1) is 6.33. The molecule has 0 atom stereocenters. The highest BCUT2D eigenvalue weighted by molar-refractivity contribution is 4.93. The summed E-state index contributed by atoms with van der Waals surface area (Å²) in [5, 5.41) is 0. The summed E-state index contributed by atoms with van der Waals surface area (Å²) in [6.07, 6.45) is 2.53. The zero-order valence-electron chi connectivity index (χ0n) is 7.58. The summed E-state index contributed by atoms with van der Waals surface area (Å²) < 4.78 is 22.4. The lowest BCUT2D eigenvalue weighted by molar-refractivity contribution is -0.203. The van der Waals surface area contributed by atoms with Crippen molar-refractivity contribution in [3.05, 3.63) is 0 Å². The summed E-state index contributed by atoms with van der Waals surface area (Å²) in [7, 11) is 0. The van der Waals surface area contributed by atoms with Crippen molar-refractivity contribution in [2.24, 2.45) is 0 Å². The van der Waals surface area contributed by atoms with Crippen LogP contribution in [0.2, 0.25) is 0 Å². The van der Waals surface area contributed by atoms with Crippen molar-refractivity contribution in [2.75, 3.05) is 26.4 Å². The van der Waals surface area contributed by atoms with Crippen LogP contribution >= 0.6 is 0 Å². The minimum Gasteiger partial charge on any atom is -0.347 e. The van der Waals surface area contributed by atoms with Gasteiger partial charge in [-0.3, -0.25) is 0 Å². The maximum atomic E-state index is 5.61. The Hall–Kier alpha value is -0.160. The fourth-order valence-corrected chi connectivity index (χ4v) is 2.45. The maximum Gasteiger partial charge on any atom is 0.173 e. The molecule has 2 heterocycles. The second-order valence-corrected chi connectivity index (χ2v) is 3.89. The summed E-state index contributed by atoms with van der Waals surface area (Å²) in [5.74, 6) is -0.769. The van der Waals surface area contributed by atoms with E-state index in [1.807, 2.05) is 0 Å². The van der Waals surface area contributed by atoms with E-state index in [2.05, 4.69) is 0 Å². The first-order valence-electron chi connectivity index (χ1n) is 4.89. The predicted molar refractivity (Wildman–Crippen MR) is 43.1 cm³/mol. The van der Waals surface area contributed by atoms with E-state index in [-0.39, 0.29) is 11.6 Å². The average Bonchev–Trinajstić information content (AvgIpc) is 2.81. The summed E-state index contributed by atoms with van der Waals surface area (Å²) in [6.45, 7) is 2.82. The zero-order chi connectivity index (χ0) is 8.78. The summed E-state index contributed by atoms with van der Waals surface area (Å²) in [6, 6.07) is 0. The Labute approximate surface area is 77.1 Å². The normalized spacial score (nSPS) is 35.1. The van der Waals surface area contributed by atoms with Gasteiger partial charge in [0.25, 0.3) is 0 Å². The average molecular weight is 186 g/mol. The monoisotopic (exact) mass is 186 g/mol. The number of rotatable bonds is 0. The fraction of sp³-hybridized carbons (Fsp3) is 1.00. The van der Waals surface area contributed by atoms with Gasteiger partial charge in [0.1, 0.15) is 0 Å². The van der Waals surface area contributed by atoms with Gasteiger partial charge < -0.3 is 18.9 Å². The zero-order valence-corrected chi connectivity index (χ0v) is 7.58. The van der Waals surface area contributed by atoms with Crippen LogP contribution in [-0.4, -0.2) is 38.0 Å². The van der Waals surface area contributed by atoms with Gasteiger partial charge in [0, 0.05) is 12.8 Å². The van der Waals surface area contributed by atoms with E-state index in [0.29, 0.717) is 26.4 Å². The summed E-state index contributed by atoms with van der Waals surface area (Å²) in [5.41, 5.74) is 0. The molecule has 0 N–H and O–H groups in total. The highest BCUT2D eigenvalue weighted by atomic mass is 16.8. The van der Waals surface area contributed by atoms with Gasteiger partial charge in [-0.15, -0.1) is 0 Å². The quantitative estimate of drug-likeness (QED) is 0.557. The van der Waals surface area contributed by atoms with Gasteiger partial charge in [-0.2, -0.15) is 0 Å². The lowest BCUT2D eigenvalue weighted by Gasteiger charge is -2.25. The molecule has 74 valence electrons. The first-order valence-corrected chi connectivity index (χ1v) is 4.89. The van der Waals surface area contributed by atoms with Crippen molar-refractivity contribution in [3.8, 4) is 0 Å². The van der Waals surface area contributed by atoms with Crippen LogP contribution in [0.1, 0.15) is 19.3 Å². The Kier molecular flexibility index (Phi) is 1.68. The lowest BCUT2D eigenvalue weighted by atomic mass is 10.2. The molecule has 0 aromatic heterocycles. The molecule has 3 fully saturated rings. The molecule has 0 radical (unpaired) electrons. The van der Waals surface area contributed by atoms with E-state index in [1.54, 1.807) is 0 Å². The SMILES string of the molecule is C1COC2(CCC3(C2)OCCO3)O1. The smallest absolute Gasteiger partial charge is 0.173 e. The van der Waals surface area contributed by atoms with E-state index in [1.165, 1.54) is 0 Å². The second-order valence-electron chi connectivity index (χ2n) is 3.89. The number of hydrogen-bond donors (Lipinski definition) is 0. The molecule has 1 saturated carbocycles. The lowest BCUT2D eigenvalue weighted by Crippen LogP contribution is -2.33. The molecule has 2 spiro atoms. The van der Waals surface area contributed by atoms with Crippen LogP contribution in [-0.2, 0) is 18.9 Å². The van der Waals surface area contributed by atoms with Gasteiger partial charge in [-0.25, -0.2) is 0 Å². The standard InChI is InChI=1S/C9H14O4/c1-2-9(12-5-6-13-9)7-8(1)10-3-4-11-8/h1-7H2. The van der Waals surface area contributed by atoms with Crippen LogP contribution in [0.5, 0.6) is 0 Å². The molecule has 0 aromatic rings. The van der Waals surface area contributed by atoms with E-state index in [0.717, 1.165) is 19.3 Å². The molecule has 0 bridgehead atoms. The molecule has 13 heavy (non-hydrogen) atoms. The molecule has 2 saturated heterocycles. The van der Waals surface area contributed by atoms with Gasteiger partial charge in [0.15, 0.2) is 11.6 Å². The van der Waals surface area contributed by atoms with Crippen molar-refractivity contribution in [1.29, 1.82) is 0 Å². The predicted octanol–water partition coefficient (Wildman–Crippen LogP) is 0.657. The summed E-state index contributed by atoms with van der Waals surface area (Å²) in [4.78, 5) is 0. The van der Waals surface area contributed by atoms with Crippen LogP contribution in [0.4, 0.5) is 0 Å². The largest absolute Gasteiger partial charge is 0.347 e. The third-order valence-electron chi connectivity index (χ3n) is 3.05. The minimum atomic E-state index is -0.385. The molecule has 4 heteroatoms. The Morgan fingerprint density at radius 2 is 1.00 bits per heavy atom. The number of ether oxygens (including phenoxy) is 4. The maximum absolute atomic E-state index is 5.61. The Morgan fingerprint density at radius 3 is 1.38 bits per heavy atom. The molecule has 3 rings (SSSR count). The topological polar surface area (TPSA) is 36.9 Å². The van der Waals surface area contributed by atoms with Gasteiger partial charge >= 0.3 is 0 Å². The highest BCUT2D eigenvalue weighted by Crippen LogP contribution is 2.47. The van der Waals surface area contributed by atoms with E-state index in [9.17, 15) is 0 Å². The van der Waals surface area contributed by atoms with Crippen LogP contribution < -0.4 is 0 Å². The van der Waals surface area contributed by atoms with Crippen molar-refractivity contribution in [1.82, 2.24) is 0 Å².